The molecule has 2 aromatic carbocycles. The highest BCUT2D eigenvalue weighted by atomic mass is 16.6. The summed E-state index contributed by atoms with van der Waals surface area (Å²) in [5.41, 5.74) is 1.81. The molecule has 0 N–H and O–H groups in total. The minimum atomic E-state index is -0.545. The van der Waals surface area contributed by atoms with E-state index in [2.05, 4.69) is 55.5 Å². The van der Waals surface area contributed by atoms with E-state index in [0.717, 1.165) is 31.2 Å². The fourth-order valence-electron chi connectivity index (χ4n) is 4.90. The maximum atomic E-state index is 13.5. The van der Waals surface area contributed by atoms with E-state index in [-0.39, 0.29) is 24.3 Å². The van der Waals surface area contributed by atoms with Gasteiger partial charge in [0.15, 0.2) is 0 Å². The number of hydrogen-bond acceptors (Lipinski definition) is 3. The molecule has 1 aliphatic heterocycles. The number of allylic oxidation sites excluding steroid dienone is 1. The Morgan fingerprint density at radius 3 is 2.25 bits per heavy atom. The van der Waals surface area contributed by atoms with Gasteiger partial charge in [-0.3, -0.25) is 4.90 Å². The van der Waals surface area contributed by atoms with Crippen LogP contribution >= 0.6 is 0 Å². The van der Waals surface area contributed by atoms with E-state index in [0.29, 0.717) is 6.61 Å². The van der Waals surface area contributed by atoms with Crippen LogP contribution in [-0.2, 0) is 22.5 Å². The average molecular weight is 492 g/mol. The van der Waals surface area contributed by atoms with Crippen LogP contribution < -0.4 is 0 Å². The van der Waals surface area contributed by atoms with Crippen molar-refractivity contribution in [2.75, 3.05) is 0 Å². The van der Waals surface area contributed by atoms with Crippen LogP contribution in [0.2, 0.25) is 0 Å². The Morgan fingerprint density at radius 2 is 1.61 bits per heavy atom. The Balaban J connectivity index is 1.78. The first kappa shape index (κ1) is 28.0. The second-order valence-corrected chi connectivity index (χ2v) is 10.9. The number of nitrogens with zero attached hydrogens (tertiary/aromatic N) is 1. The van der Waals surface area contributed by atoms with Gasteiger partial charge < -0.3 is 9.47 Å². The van der Waals surface area contributed by atoms with Gasteiger partial charge in [0, 0.05) is 6.04 Å². The highest BCUT2D eigenvalue weighted by Gasteiger charge is 2.45. The summed E-state index contributed by atoms with van der Waals surface area (Å²) >= 11 is 0. The van der Waals surface area contributed by atoms with Crippen LogP contribution in [0.25, 0.3) is 0 Å². The number of unbranched alkanes of at least 4 members (excludes halogenated alkanes) is 4. The van der Waals surface area contributed by atoms with Crippen molar-refractivity contribution in [2.24, 2.45) is 0 Å². The molecule has 0 spiro atoms. The van der Waals surface area contributed by atoms with Crippen molar-refractivity contribution in [1.29, 1.82) is 0 Å². The van der Waals surface area contributed by atoms with E-state index in [1.165, 1.54) is 31.2 Å². The summed E-state index contributed by atoms with van der Waals surface area (Å²) < 4.78 is 12.4. The van der Waals surface area contributed by atoms with Crippen molar-refractivity contribution in [2.45, 2.75) is 109 Å². The van der Waals surface area contributed by atoms with Crippen molar-refractivity contribution < 1.29 is 14.3 Å². The van der Waals surface area contributed by atoms with Gasteiger partial charge in [-0.1, -0.05) is 99.0 Å². The molecule has 1 heterocycles. The molecule has 36 heavy (non-hydrogen) atoms. The maximum absolute atomic E-state index is 13.5. The molecule has 4 heteroatoms. The Morgan fingerprint density at radius 1 is 0.944 bits per heavy atom. The van der Waals surface area contributed by atoms with Crippen LogP contribution in [0, 0.1) is 0 Å². The highest BCUT2D eigenvalue weighted by Crippen LogP contribution is 2.34. The van der Waals surface area contributed by atoms with E-state index in [9.17, 15) is 4.79 Å². The fraction of sp³-hybridized carbons (Fsp3) is 0.531. The van der Waals surface area contributed by atoms with Crippen LogP contribution in [0.1, 0.15) is 83.8 Å². The fourth-order valence-corrected chi connectivity index (χ4v) is 4.90. The summed E-state index contributed by atoms with van der Waals surface area (Å²) in [6.45, 7) is 8.58. The van der Waals surface area contributed by atoms with Crippen molar-refractivity contribution >= 4 is 6.09 Å². The first-order valence-corrected chi connectivity index (χ1v) is 13.7. The van der Waals surface area contributed by atoms with Crippen LogP contribution in [0.4, 0.5) is 4.79 Å². The third kappa shape index (κ3) is 9.13. The minimum Gasteiger partial charge on any atom is -0.444 e. The van der Waals surface area contributed by atoms with Crippen molar-refractivity contribution in [3.63, 3.8) is 0 Å². The summed E-state index contributed by atoms with van der Waals surface area (Å²) in [5, 5.41) is 0. The zero-order valence-corrected chi connectivity index (χ0v) is 22.7. The lowest BCUT2D eigenvalue weighted by atomic mass is 10.0. The molecule has 4 nitrogen and oxygen atoms in total. The standard InChI is InChI=1S/C32H45NO3/c1-5-6-7-8-9-10-17-22-28-24-30(35-25-27-20-15-12-16-21-27)29(23-26-18-13-11-14-19-26)33(28)31(34)36-32(2,3)4/h10-21,28-30H,5-9,22-25H2,1-4H3/b17-10+/t28?,29-,30+/m0/s1. The SMILES string of the molecule is CCCCCC/C=C/CC1C[C@@H](OCc2ccccc2)[C@H](Cc2ccccc2)N1C(=O)OC(C)(C)C. The molecule has 0 bridgehead atoms. The monoisotopic (exact) mass is 491 g/mol. The van der Waals surface area contributed by atoms with Gasteiger partial charge in [0.1, 0.15) is 5.60 Å². The van der Waals surface area contributed by atoms with Gasteiger partial charge in [-0.2, -0.15) is 0 Å². The largest absolute Gasteiger partial charge is 0.444 e. The van der Waals surface area contributed by atoms with Crippen LogP contribution in [-0.4, -0.2) is 34.8 Å². The second kappa shape index (κ2) is 14.2. The predicted octanol–water partition coefficient (Wildman–Crippen LogP) is 8.11. The molecule has 3 atom stereocenters. The maximum Gasteiger partial charge on any atom is 0.410 e. The molecule has 196 valence electrons. The average Bonchev–Trinajstić information content (AvgIpc) is 3.19. The van der Waals surface area contributed by atoms with E-state index < -0.39 is 5.60 Å². The first-order chi connectivity index (χ1) is 17.4. The summed E-state index contributed by atoms with van der Waals surface area (Å²) in [5.74, 6) is 0. The minimum absolute atomic E-state index is 0.0547. The normalized spacial score (nSPS) is 20.2. The molecule has 1 fully saturated rings. The van der Waals surface area contributed by atoms with Gasteiger partial charge >= 0.3 is 6.09 Å². The number of carbonyl (C=O) groups excluding carboxylic acids is 1. The molecule has 2 aromatic rings. The molecule has 0 saturated carbocycles. The molecular formula is C32H45NO3. The van der Waals surface area contributed by atoms with Crippen molar-refractivity contribution in [3.05, 3.63) is 83.9 Å². The topological polar surface area (TPSA) is 38.8 Å². The Hall–Kier alpha value is -2.59. The van der Waals surface area contributed by atoms with Gasteiger partial charge in [-0.15, -0.1) is 0 Å². The van der Waals surface area contributed by atoms with Crippen LogP contribution in [0.3, 0.4) is 0 Å². The first-order valence-electron chi connectivity index (χ1n) is 13.7. The van der Waals surface area contributed by atoms with E-state index >= 15 is 0 Å². The number of benzene rings is 2. The number of amides is 1. The summed E-state index contributed by atoms with van der Waals surface area (Å²) in [6.07, 6.45) is 12.8. The third-order valence-electron chi connectivity index (χ3n) is 6.68. The van der Waals surface area contributed by atoms with E-state index in [1.54, 1.807) is 0 Å². The molecular weight excluding hydrogens is 446 g/mol. The van der Waals surface area contributed by atoms with Gasteiger partial charge in [-0.25, -0.2) is 4.79 Å². The summed E-state index contributed by atoms with van der Waals surface area (Å²) in [7, 11) is 0. The Labute approximate surface area is 218 Å². The third-order valence-corrected chi connectivity index (χ3v) is 6.68. The molecule has 0 aromatic heterocycles. The number of hydrogen-bond donors (Lipinski definition) is 0. The molecule has 1 saturated heterocycles. The molecule has 3 rings (SSSR count). The number of carbonyl (C=O) groups is 1. The number of rotatable bonds is 12. The van der Waals surface area contributed by atoms with Gasteiger partial charge in [-0.05, 0) is 64.0 Å². The van der Waals surface area contributed by atoms with Crippen LogP contribution in [0.15, 0.2) is 72.8 Å². The number of ether oxygens (including phenoxy) is 2. The van der Waals surface area contributed by atoms with Gasteiger partial charge in [0.05, 0.1) is 18.8 Å². The Kier molecular flexibility index (Phi) is 11.1. The van der Waals surface area contributed by atoms with E-state index in [4.69, 9.17) is 9.47 Å². The quantitative estimate of drug-likeness (QED) is 0.222. The summed E-state index contributed by atoms with van der Waals surface area (Å²) in [4.78, 5) is 15.5. The highest BCUT2D eigenvalue weighted by molar-refractivity contribution is 5.70. The molecule has 1 aliphatic rings. The smallest absolute Gasteiger partial charge is 0.410 e. The lowest BCUT2D eigenvalue weighted by molar-refractivity contribution is -0.00695. The number of likely N-dealkylation sites (tertiary alicyclic amines) is 1. The van der Waals surface area contributed by atoms with Crippen molar-refractivity contribution in [3.8, 4) is 0 Å². The molecule has 0 aliphatic carbocycles. The molecule has 0 radical (unpaired) electrons. The predicted molar refractivity (Wildman–Crippen MR) is 148 cm³/mol. The van der Waals surface area contributed by atoms with Crippen molar-refractivity contribution in [1.82, 2.24) is 4.90 Å². The lowest BCUT2D eigenvalue weighted by Crippen LogP contribution is -2.47. The summed E-state index contributed by atoms with van der Waals surface area (Å²) in [6, 6.07) is 20.7. The second-order valence-electron chi connectivity index (χ2n) is 10.9. The van der Waals surface area contributed by atoms with Gasteiger partial charge in [0.2, 0.25) is 0 Å². The molecule has 1 unspecified atom stereocenters. The zero-order valence-electron chi connectivity index (χ0n) is 22.7. The van der Waals surface area contributed by atoms with Crippen LogP contribution in [0.5, 0.6) is 0 Å². The van der Waals surface area contributed by atoms with Gasteiger partial charge in [0.25, 0.3) is 0 Å². The Bertz CT molecular complexity index is 919. The van der Waals surface area contributed by atoms with E-state index in [1.807, 2.05) is 49.9 Å². The lowest BCUT2D eigenvalue weighted by Gasteiger charge is -2.33. The zero-order chi connectivity index (χ0) is 25.8. The molecule has 1 amide bonds.